The van der Waals surface area contributed by atoms with Gasteiger partial charge >= 0.3 is 0 Å². The van der Waals surface area contributed by atoms with E-state index in [9.17, 15) is 0 Å². The molecule has 2 unspecified atom stereocenters. The molecule has 7 rings (SSSR count). The summed E-state index contributed by atoms with van der Waals surface area (Å²) in [4.78, 5) is 2.74. The van der Waals surface area contributed by atoms with Crippen LogP contribution in [0, 0.1) is 5.92 Å². The molecule has 5 aliphatic rings. The minimum atomic E-state index is -0.150. The van der Waals surface area contributed by atoms with E-state index in [0.717, 1.165) is 52.6 Å². The van der Waals surface area contributed by atoms with Crippen LogP contribution in [0.15, 0.2) is 64.4 Å². The van der Waals surface area contributed by atoms with Gasteiger partial charge in [-0.05, 0) is 60.4 Å². The molecule has 2 heterocycles. The molecule has 4 nitrogen and oxygen atoms in total. The molecule has 33 heavy (non-hydrogen) atoms. The zero-order valence-electron chi connectivity index (χ0n) is 18.9. The topological polar surface area (TPSA) is 30.9 Å². The lowest BCUT2D eigenvalue weighted by atomic mass is 9.57. The SMILES string of the molecule is COC1=CC=C2[C@@H]3Cc4c(Br)cc(OCc5ccccc5)c5c4C2(CCN3CC2CC2)C1O5. The molecule has 3 aliphatic carbocycles. The van der Waals surface area contributed by atoms with Crippen LogP contribution in [-0.4, -0.2) is 37.2 Å². The highest BCUT2D eigenvalue weighted by atomic mass is 79.9. The van der Waals surface area contributed by atoms with E-state index in [1.165, 1.54) is 36.1 Å². The highest BCUT2D eigenvalue weighted by Gasteiger charge is 2.63. The lowest BCUT2D eigenvalue weighted by Crippen LogP contribution is -2.59. The summed E-state index contributed by atoms with van der Waals surface area (Å²) in [6.07, 6.45) is 9.22. The Morgan fingerprint density at radius 1 is 1.18 bits per heavy atom. The number of hydrogen-bond acceptors (Lipinski definition) is 4. The summed E-state index contributed by atoms with van der Waals surface area (Å²) in [5.74, 6) is 3.54. The Labute approximate surface area is 203 Å². The van der Waals surface area contributed by atoms with E-state index in [4.69, 9.17) is 14.2 Å². The summed E-state index contributed by atoms with van der Waals surface area (Å²) in [5, 5.41) is 0. The van der Waals surface area contributed by atoms with Gasteiger partial charge in [-0.15, -0.1) is 0 Å². The second-order valence-corrected chi connectivity index (χ2v) is 10.9. The Hall–Kier alpha value is -2.24. The van der Waals surface area contributed by atoms with Gasteiger partial charge in [-0.25, -0.2) is 0 Å². The average molecular weight is 506 g/mol. The molecule has 5 heteroatoms. The number of halogens is 1. The van der Waals surface area contributed by atoms with Gasteiger partial charge in [-0.2, -0.15) is 0 Å². The van der Waals surface area contributed by atoms with Gasteiger partial charge in [0.2, 0.25) is 0 Å². The van der Waals surface area contributed by atoms with Crippen molar-refractivity contribution in [2.45, 2.75) is 49.9 Å². The maximum atomic E-state index is 6.79. The van der Waals surface area contributed by atoms with Gasteiger partial charge in [0.1, 0.15) is 12.4 Å². The van der Waals surface area contributed by atoms with Crippen molar-refractivity contribution < 1.29 is 14.2 Å². The summed E-state index contributed by atoms with van der Waals surface area (Å²) in [5.41, 5.74) is 5.24. The summed E-state index contributed by atoms with van der Waals surface area (Å²) >= 11 is 3.93. The minimum Gasteiger partial charge on any atom is -0.497 e. The highest BCUT2D eigenvalue weighted by molar-refractivity contribution is 9.10. The molecule has 2 aliphatic heterocycles. The molecule has 0 amide bonds. The average Bonchev–Trinajstić information content (AvgIpc) is 3.59. The first-order chi connectivity index (χ1) is 16.2. The van der Waals surface area contributed by atoms with Crippen LogP contribution >= 0.6 is 15.9 Å². The van der Waals surface area contributed by atoms with E-state index in [-0.39, 0.29) is 11.5 Å². The van der Waals surface area contributed by atoms with Crippen LogP contribution in [0.3, 0.4) is 0 Å². The first kappa shape index (κ1) is 20.2. The van der Waals surface area contributed by atoms with Crippen LogP contribution < -0.4 is 9.47 Å². The van der Waals surface area contributed by atoms with Crippen molar-refractivity contribution in [1.82, 2.24) is 4.90 Å². The standard InChI is InChI=1S/C28H28BrNO3/c1-31-23-10-9-20-22-13-19-21(29)14-24(32-16-18-5-3-2-4-6-18)26-25(19)28(20,27(23)33-26)11-12-30(22)15-17-7-8-17/h2-6,9-10,14,17,22,27H,7-8,11-13,15-16H2,1H3/t22-,27?,28?/m0/s1. The molecular weight excluding hydrogens is 478 g/mol. The van der Waals surface area contributed by atoms with E-state index in [2.05, 4.69) is 51.2 Å². The van der Waals surface area contributed by atoms with Crippen molar-refractivity contribution in [3.63, 3.8) is 0 Å². The second-order valence-electron chi connectivity index (χ2n) is 10.1. The Kier molecular flexibility index (Phi) is 4.51. The summed E-state index contributed by atoms with van der Waals surface area (Å²) in [7, 11) is 1.76. The van der Waals surface area contributed by atoms with Crippen molar-refractivity contribution >= 4 is 15.9 Å². The number of rotatable bonds is 6. The molecular formula is C28H28BrNO3. The number of piperidine rings is 1. The van der Waals surface area contributed by atoms with Crippen LogP contribution in [0.5, 0.6) is 11.5 Å². The van der Waals surface area contributed by atoms with Crippen LogP contribution in [0.25, 0.3) is 0 Å². The van der Waals surface area contributed by atoms with Crippen molar-refractivity contribution in [3.05, 3.63) is 81.0 Å². The molecule has 1 saturated carbocycles. The predicted molar refractivity (Wildman–Crippen MR) is 131 cm³/mol. The molecule has 2 fully saturated rings. The van der Waals surface area contributed by atoms with Gasteiger partial charge in [0.05, 0.1) is 12.5 Å². The normalized spacial score (nSPS) is 29.0. The fourth-order valence-corrected chi connectivity index (χ4v) is 7.14. The largest absolute Gasteiger partial charge is 0.497 e. The molecule has 0 radical (unpaired) electrons. The van der Waals surface area contributed by atoms with Crippen molar-refractivity contribution in [2.24, 2.45) is 5.92 Å². The third kappa shape index (κ3) is 2.91. The Morgan fingerprint density at radius 2 is 2.03 bits per heavy atom. The summed E-state index contributed by atoms with van der Waals surface area (Å²) < 4.78 is 20.2. The Bertz CT molecular complexity index is 1190. The second kappa shape index (κ2) is 7.38. The van der Waals surface area contributed by atoms with Crippen molar-refractivity contribution in [2.75, 3.05) is 20.2 Å². The molecule has 3 atom stereocenters. The highest BCUT2D eigenvalue weighted by Crippen LogP contribution is 2.64. The van der Waals surface area contributed by atoms with Crippen LogP contribution in [-0.2, 0) is 23.2 Å². The quantitative estimate of drug-likeness (QED) is 0.515. The van der Waals surface area contributed by atoms with E-state index >= 15 is 0 Å². The van der Waals surface area contributed by atoms with Gasteiger partial charge < -0.3 is 14.2 Å². The third-order valence-electron chi connectivity index (χ3n) is 8.28. The lowest BCUT2D eigenvalue weighted by Gasteiger charge is -2.53. The first-order valence-electron chi connectivity index (χ1n) is 12.1. The molecule has 2 aromatic carbocycles. The van der Waals surface area contributed by atoms with Crippen molar-refractivity contribution in [3.8, 4) is 11.5 Å². The lowest BCUT2D eigenvalue weighted by molar-refractivity contribution is 0.0621. The van der Waals surface area contributed by atoms with Crippen LogP contribution in [0.1, 0.15) is 36.0 Å². The number of hydrogen-bond donors (Lipinski definition) is 0. The van der Waals surface area contributed by atoms with E-state index in [0.29, 0.717) is 12.6 Å². The van der Waals surface area contributed by atoms with Gasteiger partial charge in [0, 0.05) is 29.2 Å². The maximum absolute atomic E-state index is 6.79. The van der Waals surface area contributed by atoms with E-state index < -0.39 is 0 Å². The molecule has 0 aromatic heterocycles. The number of allylic oxidation sites excluding steroid dienone is 2. The van der Waals surface area contributed by atoms with E-state index in [1.807, 2.05) is 18.2 Å². The Morgan fingerprint density at radius 3 is 2.82 bits per heavy atom. The minimum absolute atomic E-state index is 0.115. The number of benzene rings is 2. The zero-order valence-corrected chi connectivity index (χ0v) is 20.4. The van der Waals surface area contributed by atoms with Crippen LogP contribution in [0.2, 0.25) is 0 Å². The van der Waals surface area contributed by atoms with E-state index in [1.54, 1.807) is 7.11 Å². The van der Waals surface area contributed by atoms with Gasteiger partial charge in [0.15, 0.2) is 17.6 Å². The number of ether oxygens (including phenoxy) is 3. The fraction of sp³-hybridized carbons (Fsp3) is 0.429. The number of likely N-dealkylation sites (tertiary alicyclic amines) is 1. The third-order valence-corrected chi connectivity index (χ3v) is 8.99. The molecule has 1 saturated heterocycles. The predicted octanol–water partition coefficient (Wildman–Crippen LogP) is 5.54. The van der Waals surface area contributed by atoms with Crippen molar-refractivity contribution in [1.29, 1.82) is 0 Å². The first-order valence-corrected chi connectivity index (χ1v) is 12.9. The molecule has 2 aromatic rings. The molecule has 2 bridgehead atoms. The monoisotopic (exact) mass is 505 g/mol. The summed E-state index contributed by atoms with van der Waals surface area (Å²) in [6, 6.07) is 12.9. The van der Waals surface area contributed by atoms with Gasteiger partial charge in [-0.3, -0.25) is 4.90 Å². The van der Waals surface area contributed by atoms with Gasteiger partial charge in [-0.1, -0.05) is 52.3 Å². The molecule has 1 spiro atoms. The van der Waals surface area contributed by atoms with Gasteiger partial charge in [0.25, 0.3) is 0 Å². The number of nitrogens with zero attached hydrogens (tertiary/aromatic N) is 1. The number of methoxy groups -OCH3 is 1. The smallest absolute Gasteiger partial charge is 0.169 e. The van der Waals surface area contributed by atoms with Crippen LogP contribution in [0.4, 0.5) is 0 Å². The fourth-order valence-electron chi connectivity index (χ4n) is 6.57. The summed E-state index contributed by atoms with van der Waals surface area (Å²) in [6.45, 7) is 2.86. The molecule has 0 N–H and O–H groups in total. The zero-order chi connectivity index (χ0) is 22.2. The molecule has 170 valence electrons. The Balaban J connectivity index is 1.35. The maximum Gasteiger partial charge on any atom is 0.169 e.